The van der Waals surface area contributed by atoms with Crippen molar-refractivity contribution in [3.05, 3.63) is 42.0 Å². The van der Waals surface area contributed by atoms with Gasteiger partial charge >= 0.3 is 5.97 Å². The summed E-state index contributed by atoms with van der Waals surface area (Å²) >= 11 is 0. The lowest BCUT2D eigenvalue weighted by molar-refractivity contribution is 0.0693. The standard InChI is InChI=1S/C10H9NO3/c1-2-8(12)9-6(10(13)14)4-3-5-7(9)11/h2-5H,1,11H2,(H,13,14). The first-order valence-electron chi connectivity index (χ1n) is 3.86. The first-order chi connectivity index (χ1) is 6.57. The van der Waals surface area contributed by atoms with Crippen molar-refractivity contribution in [2.45, 2.75) is 0 Å². The van der Waals surface area contributed by atoms with Crippen molar-refractivity contribution in [1.82, 2.24) is 0 Å². The largest absolute Gasteiger partial charge is 0.478 e. The topological polar surface area (TPSA) is 80.4 Å². The zero-order chi connectivity index (χ0) is 10.7. The maximum Gasteiger partial charge on any atom is 0.336 e. The van der Waals surface area contributed by atoms with Crippen LogP contribution in [0.3, 0.4) is 0 Å². The highest BCUT2D eigenvalue weighted by atomic mass is 16.4. The summed E-state index contributed by atoms with van der Waals surface area (Å²) in [5.41, 5.74) is 5.55. The molecule has 1 rings (SSSR count). The summed E-state index contributed by atoms with van der Waals surface area (Å²) in [5, 5.41) is 8.79. The van der Waals surface area contributed by atoms with Crippen LogP contribution >= 0.6 is 0 Å². The van der Waals surface area contributed by atoms with Crippen LogP contribution in [0.15, 0.2) is 30.9 Å². The van der Waals surface area contributed by atoms with Crippen LogP contribution in [-0.4, -0.2) is 16.9 Å². The van der Waals surface area contributed by atoms with Gasteiger partial charge < -0.3 is 10.8 Å². The Bertz CT molecular complexity index is 410. The predicted molar refractivity (Wildman–Crippen MR) is 52.3 cm³/mol. The summed E-state index contributed by atoms with van der Waals surface area (Å²) in [7, 11) is 0. The summed E-state index contributed by atoms with van der Waals surface area (Å²) in [5.74, 6) is -1.66. The molecule has 1 aromatic rings. The Labute approximate surface area is 80.7 Å². The van der Waals surface area contributed by atoms with Gasteiger partial charge in [-0.3, -0.25) is 4.79 Å². The molecule has 0 radical (unpaired) electrons. The van der Waals surface area contributed by atoms with Gasteiger partial charge in [0.15, 0.2) is 5.78 Å². The van der Waals surface area contributed by atoms with E-state index in [1.165, 1.54) is 18.2 Å². The molecule has 0 saturated heterocycles. The van der Waals surface area contributed by atoms with Crippen LogP contribution in [0.5, 0.6) is 0 Å². The Morgan fingerprint density at radius 3 is 2.57 bits per heavy atom. The number of carbonyl (C=O) groups is 2. The molecule has 72 valence electrons. The highest BCUT2D eigenvalue weighted by Crippen LogP contribution is 2.18. The van der Waals surface area contributed by atoms with E-state index < -0.39 is 11.8 Å². The number of nitrogen functional groups attached to an aromatic ring is 1. The molecule has 14 heavy (non-hydrogen) atoms. The van der Waals surface area contributed by atoms with E-state index in [-0.39, 0.29) is 16.8 Å². The highest BCUT2D eigenvalue weighted by molar-refractivity contribution is 6.14. The molecule has 0 unspecified atom stereocenters. The van der Waals surface area contributed by atoms with Crippen LogP contribution in [0.1, 0.15) is 20.7 Å². The number of nitrogens with two attached hydrogens (primary N) is 1. The lowest BCUT2D eigenvalue weighted by atomic mass is 10.0. The minimum Gasteiger partial charge on any atom is -0.478 e. The zero-order valence-corrected chi connectivity index (χ0v) is 7.36. The van der Waals surface area contributed by atoms with Crippen LogP contribution in [0.4, 0.5) is 5.69 Å². The maximum atomic E-state index is 11.3. The lowest BCUT2D eigenvalue weighted by Crippen LogP contribution is -2.09. The van der Waals surface area contributed by atoms with E-state index in [0.717, 1.165) is 6.08 Å². The Hall–Kier alpha value is -2.10. The summed E-state index contributed by atoms with van der Waals surface area (Å²) in [6, 6.07) is 4.29. The Morgan fingerprint density at radius 1 is 1.43 bits per heavy atom. The average molecular weight is 191 g/mol. The molecular weight excluding hydrogens is 182 g/mol. The summed E-state index contributed by atoms with van der Waals surface area (Å²) in [6.45, 7) is 3.28. The molecule has 4 heteroatoms. The summed E-state index contributed by atoms with van der Waals surface area (Å²) < 4.78 is 0. The van der Waals surface area contributed by atoms with Gasteiger partial charge in [0.2, 0.25) is 0 Å². The van der Waals surface area contributed by atoms with Gasteiger partial charge in [0, 0.05) is 5.69 Å². The second-order valence-electron chi connectivity index (χ2n) is 2.64. The van der Waals surface area contributed by atoms with Crippen LogP contribution in [0.2, 0.25) is 0 Å². The van der Waals surface area contributed by atoms with E-state index in [1.807, 2.05) is 0 Å². The second-order valence-corrected chi connectivity index (χ2v) is 2.64. The molecule has 0 amide bonds. The minimum absolute atomic E-state index is 0.00463. The highest BCUT2D eigenvalue weighted by Gasteiger charge is 2.16. The molecule has 0 aliphatic carbocycles. The van der Waals surface area contributed by atoms with Crippen molar-refractivity contribution in [3.63, 3.8) is 0 Å². The Kier molecular flexibility index (Phi) is 2.67. The van der Waals surface area contributed by atoms with E-state index in [1.54, 1.807) is 0 Å². The average Bonchev–Trinajstić information content (AvgIpc) is 2.16. The number of carboxylic acid groups (broad SMARTS) is 1. The van der Waals surface area contributed by atoms with Crippen LogP contribution in [-0.2, 0) is 0 Å². The number of hydrogen-bond acceptors (Lipinski definition) is 3. The van der Waals surface area contributed by atoms with Gasteiger partial charge in [0.1, 0.15) is 0 Å². The zero-order valence-electron chi connectivity index (χ0n) is 7.36. The fourth-order valence-corrected chi connectivity index (χ4v) is 1.13. The molecule has 0 aromatic heterocycles. The smallest absolute Gasteiger partial charge is 0.336 e. The normalized spacial score (nSPS) is 9.43. The number of anilines is 1. The van der Waals surface area contributed by atoms with Crippen molar-refractivity contribution in [3.8, 4) is 0 Å². The molecule has 0 spiro atoms. The third-order valence-corrected chi connectivity index (χ3v) is 1.76. The third kappa shape index (κ3) is 1.64. The second kappa shape index (κ2) is 3.74. The van der Waals surface area contributed by atoms with Crippen molar-refractivity contribution < 1.29 is 14.7 Å². The van der Waals surface area contributed by atoms with Crippen molar-refractivity contribution >= 4 is 17.4 Å². The number of ketones is 1. The number of rotatable bonds is 3. The third-order valence-electron chi connectivity index (χ3n) is 1.76. The predicted octanol–water partition coefficient (Wildman–Crippen LogP) is 1.34. The molecule has 1 aromatic carbocycles. The van der Waals surface area contributed by atoms with Crippen LogP contribution < -0.4 is 5.73 Å². The SMILES string of the molecule is C=CC(=O)c1c(N)cccc1C(=O)O. The number of allylic oxidation sites excluding steroid dienone is 1. The van der Waals surface area contributed by atoms with Gasteiger partial charge in [0.25, 0.3) is 0 Å². The van der Waals surface area contributed by atoms with Gasteiger partial charge in [0.05, 0.1) is 11.1 Å². The van der Waals surface area contributed by atoms with Gasteiger partial charge in [-0.15, -0.1) is 0 Å². The Balaban J connectivity index is 3.44. The van der Waals surface area contributed by atoms with Crippen molar-refractivity contribution in [2.24, 2.45) is 0 Å². The van der Waals surface area contributed by atoms with E-state index in [4.69, 9.17) is 10.8 Å². The molecule has 0 bridgehead atoms. The van der Waals surface area contributed by atoms with Gasteiger partial charge in [-0.05, 0) is 18.2 Å². The fourth-order valence-electron chi connectivity index (χ4n) is 1.13. The molecule has 0 fully saturated rings. The van der Waals surface area contributed by atoms with Crippen LogP contribution in [0, 0.1) is 0 Å². The van der Waals surface area contributed by atoms with E-state index in [2.05, 4.69) is 6.58 Å². The molecule has 0 saturated carbocycles. The first-order valence-corrected chi connectivity index (χ1v) is 3.86. The minimum atomic E-state index is -1.18. The van der Waals surface area contributed by atoms with Gasteiger partial charge in [-0.25, -0.2) is 4.79 Å². The number of benzene rings is 1. The van der Waals surface area contributed by atoms with Crippen molar-refractivity contribution in [1.29, 1.82) is 0 Å². The van der Waals surface area contributed by atoms with E-state index >= 15 is 0 Å². The molecule has 0 aliphatic heterocycles. The summed E-state index contributed by atoms with van der Waals surface area (Å²) in [4.78, 5) is 22.1. The maximum absolute atomic E-state index is 11.3. The van der Waals surface area contributed by atoms with Gasteiger partial charge in [-0.2, -0.15) is 0 Å². The monoisotopic (exact) mass is 191 g/mol. The number of aromatic carboxylic acids is 1. The lowest BCUT2D eigenvalue weighted by Gasteiger charge is -2.05. The van der Waals surface area contributed by atoms with Gasteiger partial charge in [-0.1, -0.05) is 12.6 Å². The Morgan fingerprint density at radius 2 is 2.07 bits per heavy atom. The van der Waals surface area contributed by atoms with E-state index in [0.29, 0.717) is 0 Å². The quantitative estimate of drug-likeness (QED) is 0.429. The molecular formula is C10H9NO3. The number of carbonyl (C=O) groups excluding carboxylic acids is 1. The van der Waals surface area contributed by atoms with Crippen LogP contribution in [0.25, 0.3) is 0 Å². The molecule has 3 N–H and O–H groups in total. The molecule has 4 nitrogen and oxygen atoms in total. The molecule has 0 aliphatic rings. The molecule has 0 atom stereocenters. The molecule has 0 heterocycles. The van der Waals surface area contributed by atoms with Crippen molar-refractivity contribution in [2.75, 3.05) is 5.73 Å². The fraction of sp³-hybridized carbons (Fsp3) is 0. The summed E-state index contributed by atoms with van der Waals surface area (Å²) in [6.07, 6.45) is 1.04. The number of carboxylic acids is 1. The van der Waals surface area contributed by atoms with E-state index in [9.17, 15) is 9.59 Å². The first kappa shape index (κ1) is 9.98. The number of hydrogen-bond donors (Lipinski definition) is 2.